The number of hydrogen-bond acceptors (Lipinski definition) is 4. The summed E-state index contributed by atoms with van der Waals surface area (Å²) in [5.74, 6) is -0.513. The van der Waals surface area contributed by atoms with E-state index in [2.05, 4.69) is 37.2 Å². The van der Waals surface area contributed by atoms with Crippen LogP contribution >= 0.6 is 54.8 Å². The molecule has 1 N–H and O–H groups in total. The van der Waals surface area contributed by atoms with Crippen molar-refractivity contribution in [3.63, 3.8) is 0 Å². The predicted octanol–water partition coefficient (Wildman–Crippen LogP) is 2.41. The number of rotatable bonds is 2. The Kier molecular flexibility index (Phi) is 4.43. The molecule has 1 aromatic heterocycles. The highest BCUT2D eigenvalue weighted by Gasteiger charge is 2.37. The molecular formula is C9H8Br2ClNO3S2. The molecule has 1 aromatic rings. The molecule has 0 aromatic carbocycles. The van der Waals surface area contributed by atoms with Gasteiger partial charge < -0.3 is 5.32 Å². The molecule has 18 heavy (non-hydrogen) atoms. The van der Waals surface area contributed by atoms with Gasteiger partial charge in [0.15, 0.2) is 9.84 Å². The number of halogens is 3. The van der Waals surface area contributed by atoms with Gasteiger partial charge in [0, 0.05) is 0 Å². The zero-order valence-electron chi connectivity index (χ0n) is 8.82. The fraction of sp³-hybridized carbons (Fsp3) is 0.444. The largest absolute Gasteiger partial charge is 0.347 e. The first-order chi connectivity index (χ1) is 8.28. The summed E-state index contributed by atoms with van der Waals surface area (Å²) in [5, 5.41) is 2.09. The monoisotopic (exact) mass is 435 g/mol. The van der Waals surface area contributed by atoms with Crippen LogP contribution in [0, 0.1) is 0 Å². The van der Waals surface area contributed by atoms with E-state index in [1.165, 1.54) is 11.3 Å². The molecule has 0 spiro atoms. The smallest absolute Gasteiger partial charge is 0.253 e. The molecule has 4 nitrogen and oxygen atoms in total. The molecule has 2 atom stereocenters. The van der Waals surface area contributed by atoms with Crippen LogP contribution in [0.4, 0.5) is 0 Å². The van der Waals surface area contributed by atoms with Gasteiger partial charge in [0.05, 0.1) is 36.1 Å². The number of carbonyl (C=O) groups excluding carboxylic acids is 1. The number of carbonyl (C=O) groups is 1. The molecule has 0 bridgehead atoms. The molecule has 0 saturated carbocycles. The average molecular weight is 438 g/mol. The van der Waals surface area contributed by atoms with Crippen molar-refractivity contribution in [2.24, 2.45) is 0 Å². The van der Waals surface area contributed by atoms with Crippen LogP contribution in [0.1, 0.15) is 10.4 Å². The van der Waals surface area contributed by atoms with Crippen molar-refractivity contribution >= 4 is 70.5 Å². The minimum absolute atomic E-state index is 0.0893. The lowest BCUT2D eigenvalue weighted by atomic mass is 10.2. The van der Waals surface area contributed by atoms with Gasteiger partial charge in [-0.3, -0.25) is 4.79 Å². The van der Waals surface area contributed by atoms with E-state index in [4.69, 9.17) is 11.6 Å². The minimum Gasteiger partial charge on any atom is -0.347 e. The SMILES string of the molecule is O=C(NC1CS(=O)(=O)CC1Cl)c1cc(Br)sc1Br. The van der Waals surface area contributed by atoms with Gasteiger partial charge in [-0.2, -0.15) is 0 Å². The molecule has 1 aliphatic heterocycles. The summed E-state index contributed by atoms with van der Waals surface area (Å²) in [5.41, 5.74) is 0.472. The van der Waals surface area contributed by atoms with Crippen LogP contribution in [0.15, 0.2) is 13.6 Å². The third-order valence-electron chi connectivity index (χ3n) is 2.50. The standard InChI is InChI=1S/C9H8Br2ClNO3S2/c10-7-1-4(8(11)17-7)9(14)13-6-3-18(15,16)2-5(6)12/h1,5-6H,2-3H2,(H,13,14). The maximum absolute atomic E-state index is 12.0. The number of amides is 1. The first-order valence-corrected chi connectivity index (χ1v) is 9.55. The van der Waals surface area contributed by atoms with Crippen molar-refractivity contribution in [3.05, 3.63) is 19.2 Å². The van der Waals surface area contributed by atoms with Gasteiger partial charge in [-0.15, -0.1) is 22.9 Å². The lowest BCUT2D eigenvalue weighted by Crippen LogP contribution is -2.40. The molecule has 2 unspecified atom stereocenters. The molecule has 100 valence electrons. The molecule has 0 aliphatic carbocycles. The Morgan fingerprint density at radius 1 is 1.44 bits per heavy atom. The second-order valence-corrected chi connectivity index (χ2v) is 10.4. The summed E-state index contributed by atoms with van der Waals surface area (Å²) >= 11 is 13.9. The van der Waals surface area contributed by atoms with Crippen LogP contribution in [0.5, 0.6) is 0 Å². The van der Waals surface area contributed by atoms with Crippen LogP contribution in [-0.4, -0.2) is 37.2 Å². The Morgan fingerprint density at radius 3 is 2.56 bits per heavy atom. The summed E-state index contributed by atoms with van der Waals surface area (Å²) in [6, 6.07) is 1.14. The fourth-order valence-electron chi connectivity index (χ4n) is 1.68. The zero-order valence-corrected chi connectivity index (χ0v) is 14.4. The second kappa shape index (κ2) is 5.40. The van der Waals surface area contributed by atoms with Crippen molar-refractivity contribution in [2.75, 3.05) is 11.5 Å². The van der Waals surface area contributed by atoms with Gasteiger partial charge in [-0.05, 0) is 37.9 Å². The molecule has 1 fully saturated rings. The molecule has 1 saturated heterocycles. The van der Waals surface area contributed by atoms with Crippen molar-refractivity contribution < 1.29 is 13.2 Å². The normalized spacial score (nSPS) is 26.2. The van der Waals surface area contributed by atoms with Gasteiger partial charge in [0.25, 0.3) is 5.91 Å². The molecule has 2 heterocycles. The van der Waals surface area contributed by atoms with Crippen LogP contribution < -0.4 is 5.32 Å². The van der Waals surface area contributed by atoms with Crippen molar-refractivity contribution in [1.29, 1.82) is 0 Å². The third-order valence-corrected chi connectivity index (χ3v) is 7.22. The van der Waals surface area contributed by atoms with E-state index in [0.29, 0.717) is 9.35 Å². The predicted molar refractivity (Wildman–Crippen MR) is 79.3 cm³/mol. The third kappa shape index (κ3) is 3.27. The molecule has 9 heteroatoms. The second-order valence-electron chi connectivity index (χ2n) is 3.91. The van der Waals surface area contributed by atoms with Crippen LogP contribution in [-0.2, 0) is 9.84 Å². The van der Waals surface area contributed by atoms with E-state index in [9.17, 15) is 13.2 Å². The summed E-state index contributed by atoms with van der Waals surface area (Å²) in [7, 11) is -3.14. The van der Waals surface area contributed by atoms with Gasteiger partial charge in [0.1, 0.15) is 0 Å². The number of thiophene rings is 1. The first kappa shape index (κ1) is 14.8. The quantitative estimate of drug-likeness (QED) is 0.723. The van der Waals surface area contributed by atoms with Crippen molar-refractivity contribution in [2.45, 2.75) is 11.4 Å². The summed E-state index contributed by atoms with van der Waals surface area (Å²) in [4.78, 5) is 12.0. The summed E-state index contributed by atoms with van der Waals surface area (Å²) < 4.78 is 24.3. The first-order valence-electron chi connectivity index (χ1n) is 4.89. The summed E-state index contributed by atoms with van der Waals surface area (Å²) in [6.07, 6.45) is 0. The fourth-order valence-corrected chi connectivity index (χ4v) is 7.02. The number of hydrogen-bond donors (Lipinski definition) is 1. The lowest BCUT2D eigenvalue weighted by molar-refractivity contribution is 0.0941. The van der Waals surface area contributed by atoms with E-state index in [1.54, 1.807) is 6.07 Å². The Bertz CT molecular complexity index is 587. The van der Waals surface area contributed by atoms with Crippen LogP contribution in [0.3, 0.4) is 0 Å². The van der Waals surface area contributed by atoms with E-state index in [-0.39, 0.29) is 17.4 Å². The lowest BCUT2D eigenvalue weighted by Gasteiger charge is -2.13. The Labute approximate surface area is 130 Å². The van der Waals surface area contributed by atoms with Crippen molar-refractivity contribution in [3.8, 4) is 0 Å². The molecule has 1 aliphatic rings. The molecule has 1 amide bonds. The van der Waals surface area contributed by atoms with Crippen LogP contribution in [0.25, 0.3) is 0 Å². The highest BCUT2D eigenvalue weighted by molar-refractivity contribution is 9.12. The van der Waals surface area contributed by atoms with Gasteiger partial charge in [-0.1, -0.05) is 0 Å². The van der Waals surface area contributed by atoms with Crippen molar-refractivity contribution in [1.82, 2.24) is 5.32 Å². The van der Waals surface area contributed by atoms with Gasteiger partial charge >= 0.3 is 0 Å². The maximum atomic E-state index is 12.0. The van der Waals surface area contributed by atoms with E-state index in [0.717, 1.165) is 3.79 Å². The topological polar surface area (TPSA) is 63.2 Å². The molecule has 0 radical (unpaired) electrons. The maximum Gasteiger partial charge on any atom is 0.253 e. The zero-order chi connectivity index (χ0) is 13.5. The number of alkyl halides is 1. The average Bonchev–Trinajstić information content (AvgIpc) is 2.66. The summed E-state index contributed by atoms with van der Waals surface area (Å²) in [6.45, 7) is 0. The van der Waals surface area contributed by atoms with E-state index < -0.39 is 21.3 Å². The minimum atomic E-state index is -3.14. The number of sulfone groups is 1. The Hall–Kier alpha value is 0.370. The number of nitrogens with one attached hydrogen (secondary N) is 1. The molecular weight excluding hydrogens is 429 g/mol. The molecule has 2 rings (SSSR count). The Balaban J connectivity index is 2.11. The Morgan fingerprint density at radius 2 is 2.11 bits per heavy atom. The van der Waals surface area contributed by atoms with E-state index >= 15 is 0 Å². The van der Waals surface area contributed by atoms with Gasteiger partial charge in [0.2, 0.25) is 0 Å². The highest BCUT2D eigenvalue weighted by Crippen LogP contribution is 2.32. The van der Waals surface area contributed by atoms with E-state index in [1.807, 2.05) is 0 Å². The van der Waals surface area contributed by atoms with Gasteiger partial charge in [-0.25, -0.2) is 8.42 Å². The highest BCUT2D eigenvalue weighted by atomic mass is 79.9. The van der Waals surface area contributed by atoms with Crippen LogP contribution in [0.2, 0.25) is 0 Å².